The third-order valence-corrected chi connectivity index (χ3v) is 2.58. The van der Waals surface area contributed by atoms with Gasteiger partial charge in [0.15, 0.2) is 5.00 Å². The lowest BCUT2D eigenvalue weighted by molar-refractivity contribution is 0.872. The van der Waals surface area contributed by atoms with Crippen LogP contribution in [0.1, 0.15) is 0 Å². The van der Waals surface area contributed by atoms with Crippen LogP contribution in [0.5, 0.6) is 0 Å². The second-order valence-electron chi connectivity index (χ2n) is 2.05. The summed E-state index contributed by atoms with van der Waals surface area (Å²) in [6.07, 6.45) is 0. The second-order valence-corrected chi connectivity index (χ2v) is 3.64. The van der Waals surface area contributed by atoms with Gasteiger partial charge >= 0.3 is 0 Å². The van der Waals surface area contributed by atoms with E-state index in [1.54, 1.807) is 9.82 Å². The minimum Gasteiger partial charge on any atom is -0.386 e. The molecule has 8 heteroatoms. The minimum absolute atomic E-state index is 0.568. The predicted octanol–water partition coefficient (Wildman–Crippen LogP) is -0.149. The summed E-state index contributed by atoms with van der Waals surface area (Å²) in [5.74, 6) is 1.18. The van der Waals surface area contributed by atoms with Gasteiger partial charge in [-0.3, -0.25) is 5.43 Å². The van der Waals surface area contributed by atoms with Crippen LogP contribution in [0.4, 0.5) is 10.8 Å². The van der Waals surface area contributed by atoms with E-state index >= 15 is 0 Å². The Morgan fingerprint density at radius 2 is 2.33 bits per heavy atom. The van der Waals surface area contributed by atoms with Crippen molar-refractivity contribution < 1.29 is 0 Å². The molecule has 1 aromatic heterocycles. The third kappa shape index (κ3) is 1.14. The molecule has 0 radical (unpaired) electrons. The number of nitrogen functional groups attached to an aromatic ring is 1. The van der Waals surface area contributed by atoms with Gasteiger partial charge < -0.3 is 11.5 Å². The van der Waals surface area contributed by atoms with E-state index in [4.69, 9.17) is 11.5 Å². The van der Waals surface area contributed by atoms with Gasteiger partial charge in [0.2, 0.25) is 5.82 Å². The molecule has 0 aliphatic carbocycles. The largest absolute Gasteiger partial charge is 0.386 e. The predicted molar refractivity (Wildman–Crippen MR) is 49.8 cm³/mol. The monoisotopic (exact) mass is 202 g/mol. The summed E-state index contributed by atoms with van der Waals surface area (Å²) >= 11 is 2.53. The number of anilines is 2. The topological polar surface area (TPSA) is 93.1 Å². The normalized spacial score (nSPS) is 16.0. The first-order chi connectivity index (χ1) is 5.77. The smallest absolute Gasteiger partial charge is 0.217 e. The highest BCUT2D eigenvalue weighted by molar-refractivity contribution is 8.03. The van der Waals surface area contributed by atoms with E-state index < -0.39 is 0 Å². The molecule has 5 N–H and O–H groups in total. The zero-order chi connectivity index (χ0) is 8.55. The van der Waals surface area contributed by atoms with E-state index in [1.165, 1.54) is 11.9 Å². The number of rotatable bonds is 1. The lowest BCUT2D eigenvalue weighted by Crippen LogP contribution is -2.30. The molecule has 0 aromatic carbocycles. The van der Waals surface area contributed by atoms with E-state index in [0.717, 1.165) is 11.5 Å². The van der Waals surface area contributed by atoms with Crippen LogP contribution in [0, 0.1) is 0 Å². The Morgan fingerprint density at radius 3 is 2.83 bits per heavy atom. The third-order valence-electron chi connectivity index (χ3n) is 1.20. The van der Waals surface area contributed by atoms with Gasteiger partial charge in [-0.2, -0.15) is 0 Å². The lowest BCUT2D eigenvalue weighted by atomic mass is 10.7. The number of hydrazine groups is 1. The Kier molecular flexibility index (Phi) is 1.70. The van der Waals surface area contributed by atoms with Crippen molar-refractivity contribution in [1.29, 1.82) is 0 Å². The summed E-state index contributed by atoms with van der Waals surface area (Å²) in [4.78, 5) is 0. The van der Waals surface area contributed by atoms with Gasteiger partial charge in [0.05, 0.1) is 0 Å². The molecule has 0 bridgehead atoms. The fourth-order valence-corrected chi connectivity index (χ4v) is 1.86. The van der Waals surface area contributed by atoms with Crippen molar-refractivity contribution in [3.8, 4) is 0 Å². The molecule has 2 heterocycles. The Balaban J connectivity index is 2.18. The molecular weight excluding hydrogens is 196 g/mol. The van der Waals surface area contributed by atoms with Crippen LogP contribution in [0.3, 0.4) is 0 Å². The molecule has 64 valence electrons. The van der Waals surface area contributed by atoms with Gasteiger partial charge in [-0.25, -0.2) is 4.41 Å². The number of nitrogens with one attached hydrogen (secondary N) is 1. The highest BCUT2D eigenvalue weighted by Gasteiger charge is 2.18. The molecule has 0 saturated carbocycles. The van der Waals surface area contributed by atoms with Crippen LogP contribution in [0.15, 0.2) is 11.2 Å². The van der Waals surface area contributed by atoms with Gasteiger partial charge in [0.1, 0.15) is 5.82 Å². The molecule has 1 aliphatic heterocycles. The number of nitrogens with zero attached hydrogens (tertiary/aromatic N) is 3. The second kappa shape index (κ2) is 2.72. The molecule has 12 heavy (non-hydrogen) atoms. The van der Waals surface area contributed by atoms with Crippen LogP contribution in [-0.2, 0) is 0 Å². The molecule has 0 fully saturated rings. The summed E-state index contributed by atoms with van der Waals surface area (Å²) in [6.45, 7) is 0. The quantitative estimate of drug-likeness (QED) is 0.545. The molecule has 0 spiro atoms. The first-order valence-corrected chi connectivity index (χ1v) is 4.65. The fourth-order valence-electron chi connectivity index (χ4n) is 0.716. The van der Waals surface area contributed by atoms with Crippen LogP contribution in [-0.4, -0.2) is 9.59 Å². The van der Waals surface area contributed by atoms with Crippen molar-refractivity contribution in [2.75, 3.05) is 10.1 Å². The number of hydrogen-bond acceptors (Lipinski definition) is 8. The maximum absolute atomic E-state index is 5.60. The Labute approximate surface area is 76.9 Å². The molecule has 2 rings (SSSR count). The Bertz CT molecular complexity index is 319. The molecule has 6 nitrogen and oxygen atoms in total. The molecule has 0 amide bonds. The van der Waals surface area contributed by atoms with E-state index in [1.807, 2.05) is 0 Å². The van der Waals surface area contributed by atoms with Gasteiger partial charge in [-0.15, -0.1) is 5.10 Å². The Morgan fingerprint density at radius 1 is 1.50 bits per heavy atom. The average Bonchev–Trinajstić information content (AvgIpc) is 2.58. The number of aromatic nitrogens is 2. The van der Waals surface area contributed by atoms with Crippen LogP contribution in [0.2, 0.25) is 0 Å². The molecule has 1 aromatic rings. The van der Waals surface area contributed by atoms with E-state index in [2.05, 4.69) is 15.0 Å². The lowest BCUT2D eigenvalue weighted by Gasteiger charge is -2.13. The fraction of sp³-hybridized carbons (Fsp3) is 0. The molecule has 0 saturated heterocycles. The van der Waals surface area contributed by atoms with Crippen molar-refractivity contribution in [1.82, 2.24) is 15.0 Å². The highest BCUT2D eigenvalue weighted by atomic mass is 32.2. The molecular formula is C4H6N6S2. The van der Waals surface area contributed by atoms with Gasteiger partial charge in [0.25, 0.3) is 0 Å². The SMILES string of the molecule is NC1=CSN(c2nnsc2N)N1. The maximum Gasteiger partial charge on any atom is 0.217 e. The van der Waals surface area contributed by atoms with E-state index in [9.17, 15) is 0 Å². The standard InChI is InChI=1S/C4H6N6S2/c5-2-1-11-10(8-2)4-3(6)12-9-7-4/h1,8H,5-6H2. The summed E-state index contributed by atoms with van der Waals surface area (Å²) in [5, 5.41) is 6.16. The number of hydrogen-bond donors (Lipinski definition) is 3. The Hall–Kier alpha value is -1.15. The number of nitrogens with two attached hydrogens (primary N) is 2. The summed E-state index contributed by atoms with van der Waals surface area (Å²) in [5.41, 5.74) is 13.9. The van der Waals surface area contributed by atoms with Gasteiger partial charge in [-0.1, -0.05) is 4.49 Å². The molecule has 0 atom stereocenters. The van der Waals surface area contributed by atoms with Crippen molar-refractivity contribution >= 4 is 34.3 Å². The van der Waals surface area contributed by atoms with Crippen molar-refractivity contribution in [3.05, 3.63) is 11.2 Å². The summed E-state index contributed by atoms with van der Waals surface area (Å²) in [6, 6.07) is 0. The first-order valence-electron chi connectivity index (χ1n) is 3.04. The zero-order valence-electron chi connectivity index (χ0n) is 5.89. The summed E-state index contributed by atoms with van der Waals surface area (Å²) in [7, 11) is 0. The van der Waals surface area contributed by atoms with E-state index in [0.29, 0.717) is 16.6 Å². The first kappa shape index (κ1) is 7.50. The highest BCUT2D eigenvalue weighted by Crippen LogP contribution is 2.30. The van der Waals surface area contributed by atoms with Crippen LogP contribution >= 0.6 is 23.5 Å². The minimum atomic E-state index is 0.568. The van der Waals surface area contributed by atoms with Crippen LogP contribution in [0.25, 0.3) is 0 Å². The maximum atomic E-state index is 5.60. The summed E-state index contributed by atoms with van der Waals surface area (Å²) < 4.78 is 5.36. The van der Waals surface area contributed by atoms with E-state index in [-0.39, 0.29) is 0 Å². The van der Waals surface area contributed by atoms with Crippen molar-refractivity contribution in [3.63, 3.8) is 0 Å². The van der Waals surface area contributed by atoms with Crippen molar-refractivity contribution in [2.45, 2.75) is 0 Å². The average molecular weight is 202 g/mol. The van der Waals surface area contributed by atoms with Crippen molar-refractivity contribution in [2.24, 2.45) is 5.73 Å². The molecule has 0 unspecified atom stereocenters. The van der Waals surface area contributed by atoms with Gasteiger partial charge in [-0.05, 0) is 0 Å². The van der Waals surface area contributed by atoms with Gasteiger partial charge in [0, 0.05) is 28.9 Å². The molecule has 1 aliphatic rings. The van der Waals surface area contributed by atoms with Crippen LogP contribution < -0.4 is 21.3 Å². The zero-order valence-corrected chi connectivity index (χ0v) is 7.52.